The van der Waals surface area contributed by atoms with Crippen molar-refractivity contribution in [3.8, 4) is 0 Å². The number of fused-ring (bicyclic) bond motifs is 3. The number of pyridine rings is 1. The van der Waals surface area contributed by atoms with Gasteiger partial charge in [-0.05, 0) is 37.1 Å². The van der Waals surface area contributed by atoms with E-state index in [9.17, 15) is 14.4 Å². The second-order valence-corrected chi connectivity index (χ2v) is 7.53. The average molecular weight is 444 g/mol. The molecule has 0 aliphatic carbocycles. The fourth-order valence-corrected chi connectivity index (χ4v) is 3.85. The highest BCUT2D eigenvalue weighted by atomic mass is 16.5. The van der Waals surface area contributed by atoms with E-state index in [1.807, 2.05) is 48.5 Å². The van der Waals surface area contributed by atoms with Crippen LogP contribution in [0.15, 0.2) is 73.1 Å². The molecule has 0 bridgehead atoms. The predicted molar refractivity (Wildman–Crippen MR) is 125 cm³/mol. The Hall–Kier alpha value is -4.20. The number of nitrogens with zero attached hydrogens (tertiary/aromatic N) is 2. The van der Waals surface area contributed by atoms with Crippen molar-refractivity contribution in [2.24, 2.45) is 0 Å². The lowest BCUT2D eigenvalue weighted by atomic mass is 10.1. The molecule has 2 N–H and O–H groups in total. The lowest BCUT2D eigenvalue weighted by molar-refractivity contribution is -0.143. The first-order valence-electron chi connectivity index (χ1n) is 10.6. The van der Waals surface area contributed by atoms with Gasteiger partial charge in [-0.15, -0.1) is 0 Å². The first-order valence-corrected chi connectivity index (χ1v) is 10.6. The minimum atomic E-state index is -0.849. The number of para-hydroxylation sites is 2. The van der Waals surface area contributed by atoms with E-state index in [2.05, 4.69) is 15.6 Å². The molecule has 2 heterocycles. The van der Waals surface area contributed by atoms with Crippen LogP contribution in [0.2, 0.25) is 0 Å². The number of hydrogen-bond donors (Lipinski definition) is 2. The Bertz CT molecular complexity index is 1250. The fraction of sp³-hybridized carbons (Fsp3) is 0.200. The first-order chi connectivity index (χ1) is 16.1. The van der Waals surface area contributed by atoms with E-state index in [-0.39, 0.29) is 5.91 Å². The standard InChI is InChI=1S/C25H24N4O4/c1-33-24(31)20(11-7-15-27-23(30)17-8-6-14-26-16-17)28-25(32)29-21-12-4-2-9-18(21)19-10-3-5-13-22(19)29/h2-6,8-10,12-14,16,20H,7,11,15H2,1H3,(H,27,30)(H,28,32)/t20-/m0/s1. The van der Waals surface area contributed by atoms with Crippen molar-refractivity contribution in [1.29, 1.82) is 0 Å². The SMILES string of the molecule is COC(=O)[C@H](CCCNC(=O)c1cccnc1)NC(=O)n1c2ccccc2c2ccccc21. The number of amides is 2. The molecular formula is C25H24N4O4. The van der Waals surface area contributed by atoms with Crippen LogP contribution in [-0.4, -0.2) is 47.2 Å². The summed E-state index contributed by atoms with van der Waals surface area (Å²) in [6.07, 6.45) is 3.86. The van der Waals surface area contributed by atoms with Crippen molar-refractivity contribution in [2.75, 3.05) is 13.7 Å². The first kappa shape index (κ1) is 22.0. The summed E-state index contributed by atoms with van der Waals surface area (Å²) in [5.74, 6) is -0.783. The molecule has 33 heavy (non-hydrogen) atoms. The van der Waals surface area contributed by atoms with Crippen molar-refractivity contribution in [3.63, 3.8) is 0 Å². The van der Waals surface area contributed by atoms with E-state index in [0.29, 0.717) is 24.9 Å². The van der Waals surface area contributed by atoms with Gasteiger partial charge in [0.25, 0.3) is 5.91 Å². The molecule has 1 atom stereocenters. The Morgan fingerprint density at radius 3 is 2.24 bits per heavy atom. The number of nitrogens with one attached hydrogen (secondary N) is 2. The molecular weight excluding hydrogens is 420 g/mol. The van der Waals surface area contributed by atoms with Gasteiger partial charge in [0.2, 0.25) is 0 Å². The highest BCUT2D eigenvalue weighted by Gasteiger charge is 2.24. The molecule has 2 aromatic carbocycles. The van der Waals surface area contributed by atoms with Gasteiger partial charge in [-0.1, -0.05) is 36.4 Å². The molecule has 8 heteroatoms. The zero-order valence-corrected chi connectivity index (χ0v) is 18.2. The summed E-state index contributed by atoms with van der Waals surface area (Å²) < 4.78 is 6.47. The molecule has 0 fully saturated rings. The van der Waals surface area contributed by atoms with Crippen molar-refractivity contribution in [3.05, 3.63) is 78.6 Å². The molecule has 0 radical (unpaired) electrons. The van der Waals surface area contributed by atoms with Gasteiger partial charge in [0, 0.05) is 29.7 Å². The molecule has 2 amide bonds. The van der Waals surface area contributed by atoms with Crippen LogP contribution in [0.3, 0.4) is 0 Å². The summed E-state index contributed by atoms with van der Waals surface area (Å²) in [5.41, 5.74) is 1.97. The monoisotopic (exact) mass is 444 g/mol. The van der Waals surface area contributed by atoms with E-state index in [4.69, 9.17) is 4.74 Å². The van der Waals surface area contributed by atoms with Crippen molar-refractivity contribution in [1.82, 2.24) is 20.2 Å². The molecule has 0 spiro atoms. The van der Waals surface area contributed by atoms with Crippen molar-refractivity contribution < 1.29 is 19.1 Å². The van der Waals surface area contributed by atoms with Gasteiger partial charge in [0.05, 0.1) is 23.7 Å². The van der Waals surface area contributed by atoms with Crippen LogP contribution < -0.4 is 10.6 Å². The van der Waals surface area contributed by atoms with E-state index in [1.165, 1.54) is 13.3 Å². The highest BCUT2D eigenvalue weighted by Crippen LogP contribution is 2.28. The van der Waals surface area contributed by atoms with E-state index in [1.54, 1.807) is 22.9 Å². The lowest BCUT2D eigenvalue weighted by Gasteiger charge is -2.17. The maximum Gasteiger partial charge on any atom is 0.328 e. The number of aromatic nitrogens is 2. The Labute approximate surface area is 190 Å². The van der Waals surface area contributed by atoms with Crippen molar-refractivity contribution >= 4 is 39.7 Å². The second kappa shape index (κ2) is 9.95. The van der Waals surface area contributed by atoms with Gasteiger partial charge >= 0.3 is 12.0 Å². The molecule has 0 saturated carbocycles. The van der Waals surface area contributed by atoms with Gasteiger partial charge in [-0.3, -0.25) is 14.3 Å². The second-order valence-electron chi connectivity index (χ2n) is 7.53. The lowest BCUT2D eigenvalue weighted by Crippen LogP contribution is -2.43. The number of rotatable bonds is 7. The fourth-order valence-electron chi connectivity index (χ4n) is 3.85. The molecule has 8 nitrogen and oxygen atoms in total. The van der Waals surface area contributed by atoms with Gasteiger partial charge in [-0.2, -0.15) is 0 Å². The molecule has 4 aromatic rings. The molecule has 4 rings (SSSR count). The molecule has 0 aliphatic rings. The van der Waals surface area contributed by atoms with Gasteiger partial charge < -0.3 is 15.4 Å². The number of carbonyl (C=O) groups excluding carboxylic acids is 3. The third-order valence-corrected chi connectivity index (χ3v) is 5.45. The smallest absolute Gasteiger partial charge is 0.328 e. The van der Waals surface area contributed by atoms with Crippen LogP contribution in [0.1, 0.15) is 23.2 Å². The van der Waals surface area contributed by atoms with Gasteiger partial charge in [0.1, 0.15) is 6.04 Å². The summed E-state index contributed by atoms with van der Waals surface area (Å²) in [6.45, 7) is 0.340. The molecule has 0 aliphatic heterocycles. The Morgan fingerprint density at radius 2 is 1.64 bits per heavy atom. The Balaban J connectivity index is 1.46. The normalized spacial score (nSPS) is 11.8. The number of methoxy groups -OCH3 is 1. The summed E-state index contributed by atoms with van der Waals surface area (Å²) in [4.78, 5) is 41.7. The summed E-state index contributed by atoms with van der Waals surface area (Å²) >= 11 is 0. The molecule has 168 valence electrons. The summed E-state index contributed by atoms with van der Waals surface area (Å²) in [5, 5.41) is 7.50. The number of benzene rings is 2. The van der Waals surface area contributed by atoms with E-state index in [0.717, 1.165) is 21.8 Å². The molecule has 2 aromatic heterocycles. The van der Waals surface area contributed by atoms with Crippen molar-refractivity contribution in [2.45, 2.75) is 18.9 Å². The highest BCUT2D eigenvalue weighted by molar-refractivity contribution is 6.13. The Morgan fingerprint density at radius 1 is 0.970 bits per heavy atom. The summed E-state index contributed by atoms with van der Waals surface area (Å²) in [6, 6.07) is 17.3. The topological polar surface area (TPSA) is 102 Å². The van der Waals surface area contributed by atoms with E-state index < -0.39 is 18.0 Å². The van der Waals surface area contributed by atoms with Gasteiger partial charge in [0.15, 0.2) is 0 Å². The maximum atomic E-state index is 13.3. The number of hydrogen-bond acceptors (Lipinski definition) is 5. The maximum absolute atomic E-state index is 13.3. The van der Waals surface area contributed by atoms with Crippen LogP contribution in [0.4, 0.5) is 4.79 Å². The van der Waals surface area contributed by atoms with E-state index >= 15 is 0 Å². The number of carbonyl (C=O) groups is 3. The zero-order chi connectivity index (χ0) is 23.2. The van der Waals surface area contributed by atoms with Crippen LogP contribution in [-0.2, 0) is 9.53 Å². The van der Waals surface area contributed by atoms with Crippen LogP contribution in [0.5, 0.6) is 0 Å². The van der Waals surface area contributed by atoms with Crippen LogP contribution >= 0.6 is 0 Å². The molecule has 0 saturated heterocycles. The average Bonchev–Trinajstić information content (AvgIpc) is 3.20. The van der Waals surface area contributed by atoms with Gasteiger partial charge in [-0.25, -0.2) is 9.59 Å². The molecule has 0 unspecified atom stereocenters. The number of esters is 1. The zero-order valence-electron chi connectivity index (χ0n) is 18.2. The minimum absolute atomic E-state index is 0.243. The summed E-state index contributed by atoms with van der Waals surface area (Å²) in [7, 11) is 1.28. The largest absolute Gasteiger partial charge is 0.467 e. The van der Waals surface area contributed by atoms with Crippen LogP contribution in [0, 0.1) is 0 Å². The third kappa shape index (κ3) is 4.69. The number of ether oxygens (including phenoxy) is 1. The Kier molecular flexibility index (Phi) is 6.64. The quantitative estimate of drug-likeness (QED) is 0.336. The van der Waals surface area contributed by atoms with Crippen LogP contribution in [0.25, 0.3) is 21.8 Å². The predicted octanol–water partition coefficient (Wildman–Crippen LogP) is 3.50. The third-order valence-electron chi connectivity index (χ3n) is 5.45. The minimum Gasteiger partial charge on any atom is -0.467 e.